The third-order valence-electron chi connectivity index (χ3n) is 4.60. The molecule has 0 saturated carbocycles. The number of ether oxygens (including phenoxy) is 3. The van der Waals surface area contributed by atoms with E-state index < -0.39 is 0 Å². The van der Waals surface area contributed by atoms with Crippen LogP contribution in [0, 0.1) is 0 Å². The molecule has 7 nitrogen and oxygen atoms in total. The second-order valence-electron chi connectivity index (χ2n) is 6.45. The van der Waals surface area contributed by atoms with E-state index in [1.165, 1.54) is 0 Å². The summed E-state index contributed by atoms with van der Waals surface area (Å²) in [6.45, 7) is 5.18. The summed E-state index contributed by atoms with van der Waals surface area (Å²) in [6.07, 6.45) is 0.564. The zero-order valence-corrected chi connectivity index (χ0v) is 18.4. The third kappa shape index (κ3) is 5.07. The van der Waals surface area contributed by atoms with Crippen LogP contribution >= 0.6 is 11.5 Å². The first-order chi connectivity index (χ1) is 14.6. The normalized spacial score (nSPS) is 10.5. The van der Waals surface area contributed by atoms with Crippen LogP contribution in [0.25, 0.3) is 0 Å². The predicted octanol–water partition coefficient (Wildman–Crippen LogP) is 4.42. The van der Waals surface area contributed by atoms with E-state index in [9.17, 15) is 4.79 Å². The largest absolute Gasteiger partial charge is 0.497 e. The molecule has 0 unspecified atom stereocenters. The molecule has 0 bridgehead atoms. The minimum atomic E-state index is -0.0523. The fourth-order valence-corrected chi connectivity index (χ4v) is 3.56. The number of hydrogen-bond acceptors (Lipinski definition) is 7. The van der Waals surface area contributed by atoms with E-state index in [0.717, 1.165) is 22.8 Å². The van der Waals surface area contributed by atoms with E-state index in [1.54, 1.807) is 37.3 Å². The fourth-order valence-electron chi connectivity index (χ4n) is 2.99. The molecule has 0 atom stereocenters. The number of nitrogens with zero attached hydrogens (tertiary/aromatic N) is 3. The van der Waals surface area contributed by atoms with Gasteiger partial charge in [-0.25, -0.2) is 0 Å². The van der Waals surface area contributed by atoms with Crippen molar-refractivity contribution in [1.82, 2.24) is 14.3 Å². The Morgan fingerprint density at radius 1 is 1.03 bits per heavy atom. The molecule has 0 radical (unpaired) electrons. The number of aromatic nitrogens is 2. The van der Waals surface area contributed by atoms with Gasteiger partial charge in [-0.15, -0.1) is 0 Å². The molecule has 0 spiro atoms. The van der Waals surface area contributed by atoms with Gasteiger partial charge in [0, 0.05) is 36.6 Å². The summed E-state index contributed by atoms with van der Waals surface area (Å²) in [6, 6.07) is 12.9. The Hall–Kier alpha value is -3.13. The molecule has 2 aromatic carbocycles. The molecule has 0 fully saturated rings. The first kappa shape index (κ1) is 21.6. The number of carbonyl (C=O) groups excluding carboxylic acids is 1. The third-order valence-corrected chi connectivity index (χ3v) is 5.24. The molecule has 0 saturated heterocycles. The maximum Gasteiger partial charge on any atom is 0.298 e. The summed E-state index contributed by atoms with van der Waals surface area (Å²) in [4.78, 5) is 18.9. The smallest absolute Gasteiger partial charge is 0.298 e. The molecular weight excluding hydrogens is 402 g/mol. The van der Waals surface area contributed by atoms with Gasteiger partial charge in [-0.1, -0.05) is 12.1 Å². The van der Waals surface area contributed by atoms with Crippen LogP contribution < -0.4 is 14.2 Å². The Balaban J connectivity index is 1.78. The Labute approximate surface area is 180 Å². The first-order valence-corrected chi connectivity index (χ1v) is 10.5. The Kier molecular flexibility index (Phi) is 7.24. The van der Waals surface area contributed by atoms with Crippen molar-refractivity contribution >= 4 is 17.4 Å². The average Bonchev–Trinajstić information content (AvgIpc) is 3.21. The van der Waals surface area contributed by atoms with Crippen molar-refractivity contribution in [2.24, 2.45) is 0 Å². The van der Waals surface area contributed by atoms with Gasteiger partial charge in [-0.05, 0) is 49.7 Å². The van der Waals surface area contributed by atoms with Crippen molar-refractivity contribution in [2.75, 3.05) is 27.3 Å². The number of methoxy groups -OCH3 is 2. The van der Waals surface area contributed by atoms with Crippen molar-refractivity contribution in [3.63, 3.8) is 0 Å². The van der Waals surface area contributed by atoms with Crippen molar-refractivity contribution in [2.45, 2.75) is 20.3 Å². The van der Waals surface area contributed by atoms with Crippen LogP contribution in [0.15, 0.2) is 42.5 Å². The van der Waals surface area contributed by atoms with Crippen molar-refractivity contribution in [3.05, 3.63) is 59.4 Å². The lowest BCUT2D eigenvalue weighted by Gasteiger charge is -2.19. The fraction of sp³-hybridized carbons (Fsp3) is 0.318. The number of benzene rings is 2. The Morgan fingerprint density at radius 2 is 1.83 bits per heavy atom. The van der Waals surface area contributed by atoms with Crippen LogP contribution in [0.1, 0.15) is 35.6 Å². The Morgan fingerprint density at radius 3 is 2.53 bits per heavy atom. The second kappa shape index (κ2) is 10.1. The molecule has 3 aromatic rings. The molecule has 1 aromatic heterocycles. The lowest BCUT2D eigenvalue weighted by atomic mass is 10.1. The van der Waals surface area contributed by atoms with Crippen LogP contribution in [-0.2, 0) is 6.42 Å². The number of rotatable bonds is 9. The molecule has 1 heterocycles. The van der Waals surface area contributed by atoms with Crippen molar-refractivity contribution in [3.8, 4) is 22.4 Å². The van der Waals surface area contributed by atoms with E-state index in [0.29, 0.717) is 47.6 Å². The summed E-state index contributed by atoms with van der Waals surface area (Å²) in [5.74, 6) is 2.34. The van der Waals surface area contributed by atoms with Gasteiger partial charge in [0.2, 0.25) is 0 Å². The van der Waals surface area contributed by atoms with E-state index in [2.05, 4.69) is 9.36 Å². The van der Waals surface area contributed by atoms with Crippen LogP contribution in [0.4, 0.5) is 0 Å². The first-order valence-electron chi connectivity index (χ1n) is 9.68. The van der Waals surface area contributed by atoms with Gasteiger partial charge < -0.3 is 19.1 Å². The maximum absolute atomic E-state index is 12.7. The zero-order valence-electron chi connectivity index (χ0n) is 17.5. The number of carbonyl (C=O) groups is 1. The van der Waals surface area contributed by atoms with Crippen LogP contribution in [0.2, 0.25) is 0 Å². The van der Waals surface area contributed by atoms with E-state index >= 15 is 0 Å². The van der Waals surface area contributed by atoms with E-state index in [1.807, 2.05) is 38.1 Å². The van der Waals surface area contributed by atoms with Crippen molar-refractivity contribution < 1.29 is 19.0 Å². The molecule has 30 heavy (non-hydrogen) atoms. The summed E-state index contributed by atoms with van der Waals surface area (Å²) in [5, 5.41) is 0.388. The summed E-state index contributed by atoms with van der Waals surface area (Å²) in [5.41, 5.74) is 1.58. The zero-order chi connectivity index (χ0) is 21.5. The molecule has 0 aliphatic carbocycles. The summed E-state index contributed by atoms with van der Waals surface area (Å²) < 4.78 is 20.9. The van der Waals surface area contributed by atoms with E-state index in [4.69, 9.17) is 14.2 Å². The average molecular weight is 428 g/mol. The SMILES string of the molecule is CCN(CC)C(=O)c1ccc(OC)c(Oc2nc(Cc3cccc(OC)c3)ns2)c1. The molecule has 0 N–H and O–H groups in total. The molecule has 8 heteroatoms. The summed E-state index contributed by atoms with van der Waals surface area (Å²) in [7, 11) is 3.20. The number of amides is 1. The molecule has 1 amide bonds. The van der Waals surface area contributed by atoms with Crippen LogP contribution in [-0.4, -0.2) is 47.5 Å². The highest BCUT2D eigenvalue weighted by molar-refractivity contribution is 7.07. The van der Waals surface area contributed by atoms with Gasteiger partial charge in [-0.3, -0.25) is 4.79 Å². The van der Waals surface area contributed by atoms with Crippen LogP contribution in [0.3, 0.4) is 0 Å². The Bertz CT molecular complexity index is 1000. The highest BCUT2D eigenvalue weighted by Gasteiger charge is 2.17. The quantitative estimate of drug-likeness (QED) is 0.503. The number of hydrogen-bond donors (Lipinski definition) is 0. The van der Waals surface area contributed by atoms with Gasteiger partial charge in [0.25, 0.3) is 11.1 Å². The molecule has 0 aliphatic heterocycles. The second-order valence-corrected chi connectivity index (χ2v) is 7.16. The monoisotopic (exact) mass is 427 g/mol. The van der Waals surface area contributed by atoms with Gasteiger partial charge in [0.15, 0.2) is 17.3 Å². The van der Waals surface area contributed by atoms with Crippen LogP contribution in [0.5, 0.6) is 22.4 Å². The van der Waals surface area contributed by atoms with Gasteiger partial charge in [0.1, 0.15) is 5.75 Å². The highest BCUT2D eigenvalue weighted by Crippen LogP contribution is 2.33. The standard InChI is InChI=1S/C22H25N3O4S/c1-5-25(6-2)21(26)16-10-11-18(28-4)19(14-16)29-22-23-20(24-30-22)13-15-8-7-9-17(12-15)27-3/h7-12,14H,5-6,13H2,1-4H3. The molecule has 0 aliphatic rings. The summed E-state index contributed by atoms with van der Waals surface area (Å²) >= 11 is 1.16. The van der Waals surface area contributed by atoms with Crippen molar-refractivity contribution in [1.29, 1.82) is 0 Å². The lowest BCUT2D eigenvalue weighted by molar-refractivity contribution is 0.0772. The molecule has 3 rings (SSSR count). The van der Waals surface area contributed by atoms with E-state index in [-0.39, 0.29) is 5.91 Å². The lowest BCUT2D eigenvalue weighted by Crippen LogP contribution is -2.30. The minimum Gasteiger partial charge on any atom is -0.497 e. The van der Waals surface area contributed by atoms with Gasteiger partial charge in [-0.2, -0.15) is 9.36 Å². The van der Waals surface area contributed by atoms with Gasteiger partial charge >= 0.3 is 0 Å². The topological polar surface area (TPSA) is 73.8 Å². The van der Waals surface area contributed by atoms with Gasteiger partial charge in [0.05, 0.1) is 14.2 Å². The predicted molar refractivity (Wildman–Crippen MR) is 116 cm³/mol. The highest BCUT2D eigenvalue weighted by atomic mass is 32.1. The molecular formula is C22H25N3O4S. The maximum atomic E-state index is 12.7. The molecule has 158 valence electrons. The minimum absolute atomic E-state index is 0.0523.